The molecule has 0 saturated carbocycles. The van der Waals surface area contributed by atoms with E-state index in [2.05, 4.69) is 4.98 Å². The maximum Gasteiger partial charge on any atom is 0.266 e. The van der Waals surface area contributed by atoms with Gasteiger partial charge in [-0.05, 0) is 19.1 Å². The molecule has 106 valence electrons. The summed E-state index contributed by atoms with van der Waals surface area (Å²) in [5.41, 5.74) is 7.31. The van der Waals surface area contributed by atoms with Gasteiger partial charge in [0.25, 0.3) is 5.91 Å². The topological polar surface area (TPSA) is 99.7 Å². The number of nitrogens with two attached hydrogens (primary N) is 1. The Hall–Kier alpha value is -1.70. The van der Waals surface area contributed by atoms with Crippen molar-refractivity contribution < 1.29 is 15.0 Å². The number of β-amino-alcohol motifs (C(OH)–C–C–N with tert-alkyl or cyclic N) is 2. The number of nitrogen functional groups attached to an aromatic ring is 1. The van der Waals surface area contributed by atoms with Crippen molar-refractivity contribution in [1.29, 1.82) is 0 Å². The number of aliphatic hydroxyl groups excluding tert-OH is 2. The molecular formula is C13H15N3O3S. The highest BCUT2D eigenvalue weighted by Crippen LogP contribution is 2.34. The second-order valence-corrected chi connectivity index (χ2v) is 5.99. The van der Waals surface area contributed by atoms with Gasteiger partial charge in [0.2, 0.25) is 0 Å². The Morgan fingerprint density at radius 2 is 2.05 bits per heavy atom. The number of hydrogen-bond acceptors (Lipinski definition) is 6. The third kappa shape index (κ3) is 2.04. The Morgan fingerprint density at radius 1 is 1.40 bits per heavy atom. The highest BCUT2D eigenvalue weighted by atomic mass is 32.1. The fourth-order valence-corrected chi connectivity index (χ4v) is 3.43. The van der Waals surface area contributed by atoms with Gasteiger partial charge in [0, 0.05) is 24.2 Å². The van der Waals surface area contributed by atoms with E-state index in [0.717, 1.165) is 15.9 Å². The van der Waals surface area contributed by atoms with Crippen LogP contribution < -0.4 is 5.73 Å². The van der Waals surface area contributed by atoms with Gasteiger partial charge in [0.15, 0.2) is 0 Å². The summed E-state index contributed by atoms with van der Waals surface area (Å²) in [7, 11) is 0. The summed E-state index contributed by atoms with van der Waals surface area (Å²) >= 11 is 1.24. The molecule has 2 atom stereocenters. The first-order chi connectivity index (χ1) is 9.47. The first kappa shape index (κ1) is 13.3. The Morgan fingerprint density at radius 3 is 2.70 bits per heavy atom. The first-order valence-electron chi connectivity index (χ1n) is 6.28. The molecule has 7 heteroatoms. The standard InChI is InChI=1S/C13H15N3O3S/c1-6-2-3-7-10(14)11(20-12(7)15-6)13(19)16-4-8(17)9(18)5-16/h2-3,8-9,17-18H,4-5,14H2,1H3. The molecule has 1 aliphatic rings. The number of likely N-dealkylation sites (tertiary alicyclic amines) is 1. The van der Waals surface area contributed by atoms with Crippen molar-refractivity contribution in [2.45, 2.75) is 19.1 Å². The number of thiophene rings is 1. The highest BCUT2D eigenvalue weighted by molar-refractivity contribution is 7.21. The number of pyridine rings is 1. The third-order valence-electron chi connectivity index (χ3n) is 3.47. The van der Waals surface area contributed by atoms with Gasteiger partial charge in [-0.2, -0.15) is 0 Å². The lowest BCUT2D eigenvalue weighted by Crippen LogP contribution is -2.29. The predicted octanol–water partition coefficient (Wildman–Crippen LogP) is 0.365. The number of carbonyl (C=O) groups excluding carboxylic acids is 1. The van der Waals surface area contributed by atoms with Crippen molar-refractivity contribution in [3.05, 3.63) is 22.7 Å². The van der Waals surface area contributed by atoms with Crippen molar-refractivity contribution in [3.8, 4) is 0 Å². The molecule has 4 N–H and O–H groups in total. The molecule has 1 amide bonds. The van der Waals surface area contributed by atoms with Crippen LogP contribution in [-0.4, -0.2) is 51.3 Å². The van der Waals surface area contributed by atoms with Gasteiger partial charge in [-0.15, -0.1) is 11.3 Å². The number of carbonyl (C=O) groups is 1. The molecule has 0 aliphatic carbocycles. The SMILES string of the molecule is Cc1ccc2c(N)c(C(=O)N3CC(O)C(O)C3)sc2n1. The zero-order chi connectivity index (χ0) is 14.4. The molecule has 0 aromatic carbocycles. The Balaban J connectivity index is 1.98. The van der Waals surface area contributed by atoms with Crippen LogP contribution in [0.15, 0.2) is 12.1 Å². The van der Waals surface area contributed by atoms with Gasteiger partial charge in [0.1, 0.15) is 9.71 Å². The van der Waals surface area contributed by atoms with E-state index in [0.29, 0.717) is 10.6 Å². The van der Waals surface area contributed by atoms with Crippen LogP contribution in [0.4, 0.5) is 5.69 Å². The largest absolute Gasteiger partial charge is 0.397 e. The third-order valence-corrected chi connectivity index (χ3v) is 4.58. The lowest BCUT2D eigenvalue weighted by Gasteiger charge is -2.14. The van der Waals surface area contributed by atoms with Crippen LogP contribution in [0.1, 0.15) is 15.4 Å². The number of hydrogen-bond donors (Lipinski definition) is 3. The Bertz CT molecular complexity index is 675. The van der Waals surface area contributed by atoms with E-state index in [1.165, 1.54) is 16.2 Å². The van der Waals surface area contributed by atoms with Crippen molar-refractivity contribution >= 4 is 33.1 Å². The van der Waals surface area contributed by atoms with Crippen LogP contribution in [0.25, 0.3) is 10.2 Å². The van der Waals surface area contributed by atoms with Crippen LogP contribution in [0.5, 0.6) is 0 Å². The molecule has 3 heterocycles. The zero-order valence-electron chi connectivity index (χ0n) is 10.9. The number of aliphatic hydroxyl groups is 2. The van der Waals surface area contributed by atoms with E-state index in [1.54, 1.807) is 0 Å². The van der Waals surface area contributed by atoms with E-state index in [9.17, 15) is 15.0 Å². The first-order valence-corrected chi connectivity index (χ1v) is 7.10. The van der Waals surface area contributed by atoms with Gasteiger partial charge in [-0.25, -0.2) is 4.98 Å². The van der Waals surface area contributed by atoms with Crippen molar-refractivity contribution in [2.75, 3.05) is 18.8 Å². The molecule has 20 heavy (non-hydrogen) atoms. The van der Waals surface area contributed by atoms with E-state index < -0.39 is 12.2 Å². The summed E-state index contributed by atoms with van der Waals surface area (Å²) in [5.74, 6) is -0.265. The second kappa shape index (κ2) is 4.69. The minimum atomic E-state index is -0.894. The van der Waals surface area contributed by atoms with Crippen LogP contribution in [0.2, 0.25) is 0 Å². The molecule has 0 spiro atoms. The number of aryl methyl sites for hydroxylation is 1. The molecule has 0 radical (unpaired) electrons. The molecule has 2 unspecified atom stereocenters. The summed E-state index contributed by atoms with van der Waals surface area (Å²) in [4.78, 5) is 19.3. The maximum atomic E-state index is 12.4. The van der Waals surface area contributed by atoms with Crippen molar-refractivity contribution in [3.63, 3.8) is 0 Å². The minimum Gasteiger partial charge on any atom is -0.397 e. The quantitative estimate of drug-likeness (QED) is 0.705. The van der Waals surface area contributed by atoms with Gasteiger partial charge in [-0.3, -0.25) is 4.79 Å². The number of anilines is 1. The number of rotatable bonds is 1. The van der Waals surface area contributed by atoms with E-state index in [4.69, 9.17) is 5.73 Å². The van der Waals surface area contributed by atoms with Crippen LogP contribution in [0, 0.1) is 6.92 Å². The summed E-state index contributed by atoms with van der Waals surface area (Å²) in [6.45, 7) is 2.13. The van der Waals surface area contributed by atoms with E-state index >= 15 is 0 Å². The van der Waals surface area contributed by atoms with Gasteiger partial charge >= 0.3 is 0 Å². The fraction of sp³-hybridized carbons (Fsp3) is 0.385. The fourth-order valence-electron chi connectivity index (χ4n) is 2.33. The minimum absolute atomic E-state index is 0.125. The van der Waals surface area contributed by atoms with Crippen molar-refractivity contribution in [1.82, 2.24) is 9.88 Å². The normalized spacial score (nSPS) is 22.6. The lowest BCUT2D eigenvalue weighted by molar-refractivity contribution is 0.0572. The molecule has 3 rings (SSSR count). The lowest BCUT2D eigenvalue weighted by atomic mass is 10.2. The Labute approximate surface area is 119 Å². The van der Waals surface area contributed by atoms with E-state index in [1.807, 2.05) is 19.1 Å². The van der Waals surface area contributed by atoms with Crippen LogP contribution >= 0.6 is 11.3 Å². The molecule has 6 nitrogen and oxygen atoms in total. The molecule has 1 aliphatic heterocycles. The summed E-state index contributed by atoms with van der Waals surface area (Å²) in [5, 5.41) is 19.8. The van der Waals surface area contributed by atoms with Gasteiger partial charge in [-0.1, -0.05) is 0 Å². The highest BCUT2D eigenvalue weighted by Gasteiger charge is 2.34. The summed E-state index contributed by atoms with van der Waals surface area (Å²) in [6, 6.07) is 3.71. The molecule has 2 aromatic heterocycles. The molecule has 0 bridgehead atoms. The Kier molecular flexibility index (Phi) is 3.12. The van der Waals surface area contributed by atoms with Crippen LogP contribution in [0.3, 0.4) is 0 Å². The van der Waals surface area contributed by atoms with Gasteiger partial charge in [0.05, 0.1) is 17.9 Å². The number of amides is 1. The van der Waals surface area contributed by atoms with Crippen LogP contribution in [-0.2, 0) is 0 Å². The van der Waals surface area contributed by atoms with Gasteiger partial charge < -0.3 is 20.8 Å². The molecule has 1 fully saturated rings. The maximum absolute atomic E-state index is 12.4. The smallest absolute Gasteiger partial charge is 0.266 e. The summed E-state index contributed by atoms with van der Waals surface area (Å²) in [6.07, 6.45) is -1.79. The second-order valence-electron chi connectivity index (χ2n) is 5.00. The van der Waals surface area contributed by atoms with E-state index in [-0.39, 0.29) is 19.0 Å². The average molecular weight is 293 g/mol. The zero-order valence-corrected chi connectivity index (χ0v) is 11.7. The number of nitrogens with zero attached hydrogens (tertiary/aromatic N) is 2. The summed E-state index contributed by atoms with van der Waals surface area (Å²) < 4.78 is 0. The number of fused-ring (bicyclic) bond motifs is 1. The molecule has 1 saturated heterocycles. The monoisotopic (exact) mass is 293 g/mol. The number of aromatic nitrogens is 1. The predicted molar refractivity (Wildman–Crippen MR) is 76.7 cm³/mol. The van der Waals surface area contributed by atoms with Crippen molar-refractivity contribution in [2.24, 2.45) is 0 Å². The molecular weight excluding hydrogens is 278 g/mol. The average Bonchev–Trinajstić information content (AvgIpc) is 2.90. The molecule has 2 aromatic rings.